The second kappa shape index (κ2) is 4.31. The lowest BCUT2D eigenvalue weighted by atomic mass is 10.0. The zero-order valence-corrected chi connectivity index (χ0v) is 8.00. The van der Waals surface area contributed by atoms with E-state index in [0.717, 1.165) is 0 Å². The standard InChI is InChI=1S/C9H10F2N2O2/c1-4-3-13-5(2-12)7(8(10)11)6(4)9(14)15/h3,8H,2,12H2,1H3,(H,14,15). The molecule has 0 saturated carbocycles. The number of aryl methyl sites for hydroxylation is 1. The highest BCUT2D eigenvalue weighted by molar-refractivity contribution is 5.91. The molecule has 0 aromatic carbocycles. The van der Waals surface area contributed by atoms with Gasteiger partial charge < -0.3 is 10.8 Å². The van der Waals surface area contributed by atoms with E-state index in [2.05, 4.69) is 4.98 Å². The van der Waals surface area contributed by atoms with Crippen molar-refractivity contribution in [2.75, 3.05) is 0 Å². The van der Waals surface area contributed by atoms with Crippen molar-refractivity contribution in [3.05, 3.63) is 28.6 Å². The Balaban J connectivity index is 3.51. The first-order chi connectivity index (χ1) is 6.99. The van der Waals surface area contributed by atoms with E-state index in [0.29, 0.717) is 0 Å². The van der Waals surface area contributed by atoms with Gasteiger partial charge in [-0.3, -0.25) is 4.98 Å². The summed E-state index contributed by atoms with van der Waals surface area (Å²) in [7, 11) is 0. The number of alkyl halides is 2. The lowest BCUT2D eigenvalue weighted by molar-refractivity contribution is 0.0682. The van der Waals surface area contributed by atoms with E-state index in [9.17, 15) is 13.6 Å². The number of carboxylic acids is 1. The summed E-state index contributed by atoms with van der Waals surface area (Å²) in [6.07, 6.45) is -1.65. The number of pyridine rings is 1. The molecule has 15 heavy (non-hydrogen) atoms. The molecule has 3 N–H and O–H groups in total. The molecule has 6 heteroatoms. The van der Waals surface area contributed by atoms with Crippen molar-refractivity contribution in [1.82, 2.24) is 4.98 Å². The van der Waals surface area contributed by atoms with Crippen LogP contribution < -0.4 is 5.73 Å². The Labute approximate surface area is 84.7 Å². The molecule has 0 saturated heterocycles. The summed E-state index contributed by atoms with van der Waals surface area (Å²) in [6, 6.07) is 0. The summed E-state index contributed by atoms with van der Waals surface area (Å²) < 4.78 is 25.3. The van der Waals surface area contributed by atoms with Crippen LogP contribution in [0, 0.1) is 6.92 Å². The average molecular weight is 216 g/mol. The lowest BCUT2D eigenvalue weighted by Gasteiger charge is -2.11. The number of nitrogens with zero attached hydrogens (tertiary/aromatic N) is 1. The van der Waals surface area contributed by atoms with Crippen LogP contribution in [0.25, 0.3) is 0 Å². The van der Waals surface area contributed by atoms with Gasteiger partial charge in [0.05, 0.1) is 16.8 Å². The second-order valence-electron chi connectivity index (χ2n) is 2.99. The highest BCUT2D eigenvalue weighted by Gasteiger charge is 2.24. The second-order valence-corrected chi connectivity index (χ2v) is 2.99. The zero-order valence-electron chi connectivity index (χ0n) is 8.00. The van der Waals surface area contributed by atoms with E-state index in [-0.39, 0.29) is 17.8 Å². The van der Waals surface area contributed by atoms with Crippen LogP contribution in [0.5, 0.6) is 0 Å². The Bertz CT molecular complexity index is 394. The molecule has 82 valence electrons. The number of hydrogen-bond acceptors (Lipinski definition) is 3. The number of nitrogens with two attached hydrogens (primary N) is 1. The molecule has 0 aliphatic rings. The van der Waals surface area contributed by atoms with E-state index < -0.39 is 23.5 Å². The van der Waals surface area contributed by atoms with Crippen LogP contribution in [0.2, 0.25) is 0 Å². The van der Waals surface area contributed by atoms with E-state index in [1.54, 1.807) is 0 Å². The summed E-state index contributed by atoms with van der Waals surface area (Å²) in [6.45, 7) is 1.21. The van der Waals surface area contributed by atoms with E-state index in [1.807, 2.05) is 0 Å². The predicted octanol–water partition coefficient (Wildman–Crippen LogP) is 1.48. The molecule has 1 rings (SSSR count). The molecule has 4 nitrogen and oxygen atoms in total. The Hall–Kier alpha value is -1.56. The van der Waals surface area contributed by atoms with Crippen molar-refractivity contribution >= 4 is 5.97 Å². The highest BCUT2D eigenvalue weighted by Crippen LogP contribution is 2.27. The van der Waals surface area contributed by atoms with Crippen LogP contribution in [-0.2, 0) is 6.54 Å². The SMILES string of the molecule is Cc1cnc(CN)c(C(F)F)c1C(=O)O. The third-order valence-electron chi connectivity index (χ3n) is 2.01. The number of hydrogen-bond donors (Lipinski definition) is 2. The van der Waals surface area contributed by atoms with Crippen molar-refractivity contribution in [3.63, 3.8) is 0 Å². The van der Waals surface area contributed by atoms with Crippen molar-refractivity contribution in [2.24, 2.45) is 5.73 Å². The molecule has 1 aromatic rings. The average Bonchev–Trinajstić information content (AvgIpc) is 2.16. The quantitative estimate of drug-likeness (QED) is 0.802. The van der Waals surface area contributed by atoms with Gasteiger partial charge in [-0.25, -0.2) is 13.6 Å². The molecule has 0 atom stereocenters. The fraction of sp³-hybridized carbons (Fsp3) is 0.333. The van der Waals surface area contributed by atoms with Gasteiger partial charge in [-0.2, -0.15) is 0 Å². The minimum Gasteiger partial charge on any atom is -0.478 e. The van der Waals surface area contributed by atoms with Gasteiger partial charge in [0.15, 0.2) is 0 Å². The number of carboxylic acid groups (broad SMARTS) is 1. The third-order valence-corrected chi connectivity index (χ3v) is 2.01. The number of carbonyl (C=O) groups is 1. The molecule has 0 unspecified atom stereocenters. The Morgan fingerprint density at radius 3 is 2.67 bits per heavy atom. The predicted molar refractivity (Wildman–Crippen MR) is 48.8 cm³/mol. The molecular formula is C9H10F2N2O2. The highest BCUT2D eigenvalue weighted by atomic mass is 19.3. The smallest absolute Gasteiger partial charge is 0.336 e. The molecule has 0 aliphatic heterocycles. The summed E-state index contributed by atoms with van der Waals surface area (Å²) in [5.74, 6) is -1.39. The lowest BCUT2D eigenvalue weighted by Crippen LogP contribution is -2.13. The van der Waals surface area contributed by atoms with Crippen LogP contribution in [-0.4, -0.2) is 16.1 Å². The van der Waals surface area contributed by atoms with Crippen LogP contribution in [0.3, 0.4) is 0 Å². The normalized spacial score (nSPS) is 10.7. The fourth-order valence-electron chi connectivity index (χ4n) is 1.35. The topological polar surface area (TPSA) is 76.2 Å². The van der Waals surface area contributed by atoms with Gasteiger partial charge in [0.1, 0.15) is 0 Å². The van der Waals surface area contributed by atoms with Crippen molar-refractivity contribution in [3.8, 4) is 0 Å². The maximum Gasteiger partial charge on any atom is 0.336 e. The van der Waals surface area contributed by atoms with Crippen LogP contribution in [0.15, 0.2) is 6.20 Å². The minimum absolute atomic E-state index is 0.0759. The molecule has 0 amide bonds. The van der Waals surface area contributed by atoms with Gasteiger partial charge in [-0.15, -0.1) is 0 Å². The molecule has 0 fully saturated rings. The number of rotatable bonds is 3. The molecule has 0 radical (unpaired) electrons. The van der Waals surface area contributed by atoms with Gasteiger partial charge in [-0.05, 0) is 12.5 Å². The first kappa shape index (κ1) is 11.5. The number of aromatic carboxylic acids is 1. The Morgan fingerprint density at radius 2 is 2.27 bits per heavy atom. The molecular weight excluding hydrogens is 206 g/mol. The van der Waals surface area contributed by atoms with Crippen LogP contribution in [0.1, 0.15) is 33.6 Å². The van der Waals surface area contributed by atoms with Crippen molar-refractivity contribution in [2.45, 2.75) is 19.9 Å². The Kier molecular flexibility index (Phi) is 3.31. The third kappa shape index (κ3) is 2.10. The van der Waals surface area contributed by atoms with Gasteiger partial charge in [-0.1, -0.05) is 0 Å². The van der Waals surface area contributed by atoms with Gasteiger partial charge >= 0.3 is 5.97 Å². The summed E-state index contributed by atoms with van der Waals surface area (Å²) >= 11 is 0. The molecule has 0 aliphatic carbocycles. The maximum absolute atomic E-state index is 12.7. The Morgan fingerprint density at radius 1 is 1.67 bits per heavy atom. The molecule has 0 bridgehead atoms. The van der Waals surface area contributed by atoms with E-state index in [1.165, 1.54) is 13.1 Å². The maximum atomic E-state index is 12.7. The van der Waals surface area contributed by atoms with Gasteiger partial charge in [0, 0.05) is 12.7 Å². The first-order valence-corrected chi connectivity index (χ1v) is 4.19. The molecule has 1 heterocycles. The van der Waals surface area contributed by atoms with Crippen LogP contribution in [0.4, 0.5) is 8.78 Å². The number of halogens is 2. The van der Waals surface area contributed by atoms with Gasteiger partial charge in [0.25, 0.3) is 6.43 Å². The molecule has 1 aromatic heterocycles. The fourth-order valence-corrected chi connectivity index (χ4v) is 1.35. The zero-order chi connectivity index (χ0) is 11.6. The monoisotopic (exact) mass is 216 g/mol. The molecule has 0 spiro atoms. The first-order valence-electron chi connectivity index (χ1n) is 4.19. The van der Waals surface area contributed by atoms with E-state index >= 15 is 0 Å². The summed E-state index contributed by atoms with van der Waals surface area (Å²) in [4.78, 5) is 14.5. The summed E-state index contributed by atoms with van der Waals surface area (Å²) in [5, 5.41) is 8.81. The van der Waals surface area contributed by atoms with E-state index in [4.69, 9.17) is 10.8 Å². The van der Waals surface area contributed by atoms with Crippen molar-refractivity contribution in [1.29, 1.82) is 0 Å². The minimum atomic E-state index is -2.89. The number of aromatic nitrogens is 1. The van der Waals surface area contributed by atoms with Gasteiger partial charge in [0.2, 0.25) is 0 Å². The largest absolute Gasteiger partial charge is 0.478 e. The van der Waals surface area contributed by atoms with Crippen molar-refractivity contribution < 1.29 is 18.7 Å². The summed E-state index contributed by atoms with van der Waals surface area (Å²) in [5.41, 5.74) is 4.37. The van der Waals surface area contributed by atoms with Crippen LogP contribution >= 0.6 is 0 Å².